The van der Waals surface area contributed by atoms with Gasteiger partial charge >= 0.3 is 0 Å². The Hall–Kier alpha value is -1.26. The molecule has 0 saturated carbocycles. The Morgan fingerprint density at radius 3 is 2.71 bits per heavy atom. The maximum Gasteiger partial charge on any atom is 0.161 e. The molecule has 0 atom stereocenters. The SMILES string of the molecule is CCOc1cc(CN(CC)CCN)ccc1O. The van der Waals surface area contributed by atoms with E-state index < -0.39 is 0 Å². The maximum atomic E-state index is 9.60. The van der Waals surface area contributed by atoms with Gasteiger partial charge in [0.2, 0.25) is 0 Å². The Morgan fingerprint density at radius 2 is 2.12 bits per heavy atom. The summed E-state index contributed by atoms with van der Waals surface area (Å²) >= 11 is 0. The zero-order chi connectivity index (χ0) is 12.7. The number of likely N-dealkylation sites (N-methyl/N-ethyl adjacent to an activating group) is 1. The molecule has 0 saturated heterocycles. The van der Waals surface area contributed by atoms with E-state index in [2.05, 4.69) is 11.8 Å². The number of nitrogens with two attached hydrogens (primary N) is 1. The van der Waals surface area contributed by atoms with E-state index in [0.717, 1.165) is 25.2 Å². The molecule has 0 bridgehead atoms. The molecule has 0 spiro atoms. The number of hydrogen-bond acceptors (Lipinski definition) is 4. The van der Waals surface area contributed by atoms with Crippen LogP contribution in [0.5, 0.6) is 11.5 Å². The van der Waals surface area contributed by atoms with Crippen molar-refractivity contribution in [3.8, 4) is 11.5 Å². The molecule has 17 heavy (non-hydrogen) atoms. The maximum absolute atomic E-state index is 9.60. The van der Waals surface area contributed by atoms with Crippen molar-refractivity contribution in [2.75, 3.05) is 26.2 Å². The standard InChI is InChI=1S/C13H22N2O2/c1-3-15(8-7-14)10-11-5-6-12(16)13(9-11)17-4-2/h5-6,9,16H,3-4,7-8,10,14H2,1-2H3. The van der Waals surface area contributed by atoms with Gasteiger partial charge in [-0.05, 0) is 31.2 Å². The molecule has 1 aromatic carbocycles. The highest BCUT2D eigenvalue weighted by Crippen LogP contribution is 2.27. The van der Waals surface area contributed by atoms with E-state index in [4.69, 9.17) is 10.5 Å². The average molecular weight is 238 g/mol. The average Bonchev–Trinajstić information content (AvgIpc) is 2.33. The first-order valence-electron chi connectivity index (χ1n) is 6.08. The summed E-state index contributed by atoms with van der Waals surface area (Å²) in [7, 11) is 0. The van der Waals surface area contributed by atoms with E-state index in [-0.39, 0.29) is 5.75 Å². The lowest BCUT2D eigenvalue weighted by molar-refractivity contribution is 0.285. The van der Waals surface area contributed by atoms with Gasteiger partial charge in [-0.2, -0.15) is 0 Å². The quantitative estimate of drug-likeness (QED) is 0.757. The highest BCUT2D eigenvalue weighted by atomic mass is 16.5. The monoisotopic (exact) mass is 238 g/mol. The van der Waals surface area contributed by atoms with Crippen molar-refractivity contribution < 1.29 is 9.84 Å². The minimum atomic E-state index is 0.192. The number of phenolic OH excluding ortho intramolecular Hbond substituents is 1. The zero-order valence-electron chi connectivity index (χ0n) is 10.6. The second-order valence-corrected chi connectivity index (χ2v) is 3.89. The number of rotatable bonds is 7. The van der Waals surface area contributed by atoms with Gasteiger partial charge in [0.1, 0.15) is 0 Å². The summed E-state index contributed by atoms with van der Waals surface area (Å²) in [5.74, 6) is 0.742. The van der Waals surface area contributed by atoms with Crippen molar-refractivity contribution >= 4 is 0 Å². The molecule has 0 fully saturated rings. The summed E-state index contributed by atoms with van der Waals surface area (Å²) in [6.07, 6.45) is 0. The van der Waals surface area contributed by atoms with Gasteiger partial charge in [-0.25, -0.2) is 0 Å². The fraction of sp³-hybridized carbons (Fsp3) is 0.538. The normalized spacial score (nSPS) is 10.8. The molecule has 0 unspecified atom stereocenters. The second-order valence-electron chi connectivity index (χ2n) is 3.89. The Bertz CT molecular complexity index is 342. The van der Waals surface area contributed by atoms with Crippen LogP contribution in [0.4, 0.5) is 0 Å². The summed E-state index contributed by atoms with van der Waals surface area (Å²) in [4.78, 5) is 2.25. The van der Waals surface area contributed by atoms with Crippen molar-refractivity contribution in [2.45, 2.75) is 20.4 Å². The highest BCUT2D eigenvalue weighted by Gasteiger charge is 2.06. The molecule has 4 nitrogen and oxygen atoms in total. The smallest absolute Gasteiger partial charge is 0.161 e. The zero-order valence-corrected chi connectivity index (χ0v) is 10.6. The summed E-state index contributed by atoms with van der Waals surface area (Å²) in [6, 6.07) is 5.48. The lowest BCUT2D eigenvalue weighted by Gasteiger charge is -2.19. The van der Waals surface area contributed by atoms with Crippen LogP contribution in [0.1, 0.15) is 19.4 Å². The van der Waals surface area contributed by atoms with E-state index in [1.807, 2.05) is 19.1 Å². The van der Waals surface area contributed by atoms with Gasteiger partial charge in [0.15, 0.2) is 11.5 Å². The molecule has 3 N–H and O–H groups in total. The number of aromatic hydroxyl groups is 1. The van der Waals surface area contributed by atoms with Crippen LogP contribution in [-0.2, 0) is 6.54 Å². The molecule has 96 valence electrons. The molecule has 0 radical (unpaired) electrons. The minimum Gasteiger partial charge on any atom is -0.504 e. The predicted octanol–water partition coefficient (Wildman–Crippen LogP) is 1.57. The Kier molecular flexibility index (Phi) is 5.80. The third-order valence-corrected chi connectivity index (χ3v) is 2.62. The largest absolute Gasteiger partial charge is 0.504 e. The van der Waals surface area contributed by atoms with Gasteiger partial charge in [-0.1, -0.05) is 13.0 Å². The first-order chi connectivity index (χ1) is 8.21. The van der Waals surface area contributed by atoms with Crippen molar-refractivity contribution in [1.82, 2.24) is 4.90 Å². The van der Waals surface area contributed by atoms with E-state index in [9.17, 15) is 5.11 Å². The van der Waals surface area contributed by atoms with Crippen LogP contribution in [0.3, 0.4) is 0 Å². The van der Waals surface area contributed by atoms with Crippen LogP contribution >= 0.6 is 0 Å². The summed E-state index contributed by atoms with van der Waals surface area (Å²) in [5, 5.41) is 9.60. The summed E-state index contributed by atoms with van der Waals surface area (Å²) < 4.78 is 5.36. The highest BCUT2D eigenvalue weighted by molar-refractivity contribution is 5.41. The topological polar surface area (TPSA) is 58.7 Å². The number of ether oxygens (including phenoxy) is 1. The second kappa shape index (κ2) is 7.14. The molecule has 0 aliphatic rings. The number of phenols is 1. The minimum absolute atomic E-state index is 0.192. The van der Waals surface area contributed by atoms with Gasteiger partial charge < -0.3 is 15.6 Å². The van der Waals surface area contributed by atoms with Gasteiger partial charge in [0.05, 0.1) is 6.61 Å². The third kappa shape index (κ3) is 4.24. The molecule has 0 aliphatic heterocycles. The van der Waals surface area contributed by atoms with E-state index >= 15 is 0 Å². The number of benzene rings is 1. The molecule has 4 heteroatoms. The van der Waals surface area contributed by atoms with Crippen molar-refractivity contribution in [1.29, 1.82) is 0 Å². The van der Waals surface area contributed by atoms with Crippen LogP contribution < -0.4 is 10.5 Å². The van der Waals surface area contributed by atoms with Crippen LogP contribution in [0.2, 0.25) is 0 Å². The van der Waals surface area contributed by atoms with Gasteiger partial charge in [-0.3, -0.25) is 4.90 Å². The fourth-order valence-electron chi connectivity index (χ4n) is 1.72. The summed E-state index contributed by atoms with van der Waals surface area (Å²) in [6.45, 7) is 7.89. The van der Waals surface area contributed by atoms with Gasteiger partial charge in [0.25, 0.3) is 0 Å². The Balaban J connectivity index is 2.73. The molecule has 0 heterocycles. The molecule has 0 aliphatic carbocycles. The number of hydrogen-bond donors (Lipinski definition) is 2. The van der Waals surface area contributed by atoms with Gasteiger partial charge in [0, 0.05) is 19.6 Å². The molecular formula is C13H22N2O2. The van der Waals surface area contributed by atoms with Crippen molar-refractivity contribution in [3.05, 3.63) is 23.8 Å². The Morgan fingerprint density at radius 1 is 1.35 bits per heavy atom. The van der Waals surface area contributed by atoms with Gasteiger partial charge in [-0.15, -0.1) is 0 Å². The number of nitrogens with zero attached hydrogens (tertiary/aromatic N) is 1. The first kappa shape index (κ1) is 13.8. The summed E-state index contributed by atoms with van der Waals surface area (Å²) in [5.41, 5.74) is 6.68. The molecular weight excluding hydrogens is 216 g/mol. The van der Waals surface area contributed by atoms with Crippen LogP contribution in [0.25, 0.3) is 0 Å². The van der Waals surface area contributed by atoms with Crippen LogP contribution in [0.15, 0.2) is 18.2 Å². The van der Waals surface area contributed by atoms with Crippen molar-refractivity contribution in [3.63, 3.8) is 0 Å². The fourth-order valence-corrected chi connectivity index (χ4v) is 1.72. The predicted molar refractivity (Wildman–Crippen MR) is 69.3 cm³/mol. The molecule has 1 aromatic rings. The molecule has 1 rings (SSSR count). The first-order valence-corrected chi connectivity index (χ1v) is 6.08. The third-order valence-electron chi connectivity index (χ3n) is 2.62. The van der Waals surface area contributed by atoms with E-state index in [1.165, 1.54) is 0 Å². The lowest BCUT2D eigenvalue weighted by atomic mass is 10.2. The molecule has 0 aromatic heterocycles. The molecule has 0 amide bonds. The van der Waals surface area contributed by atoms with Crippen LogP contribution in [-0.4, -0.2) is 36.2 Å². The van der Waals surface area contributed by atoms with Crippen LogP contribution in [0, 0.1) is 0 Å². The van der Waals surface area contributed by atoms with Crippen molar-refractivity contribution in [2.24, 2.45) is 5.73 Å². The lowest BCUT2D eigenvalue weighted by Crippen LogP contribution is -2.28. The Labute approximate surface area is 103 Å². The van der Waals surface area contributed by atoms with E-state index in [1.54, 1.807) is 6.07 Å². The van der Waals surface area contributed by atoms with E-state index in [0.29, 0.717) is 18.9 Å².